The van der Waals surface area contributed by atoms with Gasteiger partial charge in [-0.15, -0.1) is 0 Å². The zero-order valence-electron chi connectivity index (χ0n) is 18.7. The minimum Gasteiger partial charge on any atom is -0.481 e. The Bertz CT molecular complexity index is 922. The third-order valence-electron chi connectivity index (χ3n) is 6.92. The SMILES string of the molecule is CCC1C[C@@]1(COC1CCC[C@H](OCc2nc(-c3cccc(C)c3)oc2C)C1)C(=O)O. The molecular weight excluding hydrogens is 394 g/mol. The van der Waals surface area contributed by atoms with E-state index in [0.29, 0.717) is 19.1 Å². The highest BCUT2D eigenvalue weighted by molar-refractivity contribution is 5.78. The fourth-order valence-electron chi connectivity index (χ4n) is 4.75. The Morgan fingerprint density at radius 1 is 1.26 bits per heavy atom. The molecule has 0 radical (unpaired) electrons. The third kappa shape index (κ3) is 4.85. The van der Waals surface area contributed by atoms with E-state index in [9.17, 15) is 9.90 Å². The summed E-state index contributed by atoms with van der Waals surface area (Å²) in [6, 6.07) is 8.11. The molecule has 2 aliphatic carbocycles. The predicted molar refractivity (Wildman–Crippen MR) is 117 cm³/mol. The summed E-state index contributed by atoms with van der Waals surface area (Å²) < 4.78 is 18.1. The van der Waals surface area contributed by atoms with E-state index in [1.807, 2.05) is 19.1 Å². The number of rotatable bonds is 9. The highest BCUT2D eigenvalue weighted by atomic mass is 16.5. The molecule has 0 bridgehead atoms. The molecule has 4 rings (SSSR count). The molecule has 1 heterocycles. The first-order valence-electron chi connectivity index (χ1n) is 11.4. The number of benzene rings is 1. The van der Waals surface area contributed by atoms with Crippen molar-refractivity contribution in [1.82, 2.24) is 4.98 Å². The molecule has 0 spiro atoms. The van der Waals surface area contributed by atoms with Gasteiger partial charge >= 0.3 is 5.97 Å². The molecule has 6 heteroatoms. The lowest BCUT2D eigenvalue weighted by molar-refractivity contribution is -0.149. The third-order valence-corrected chi connectivity index (χ3v) is 6.92. The molecule has 2 unspecified atom stereocenters. The van der Waals surface area contributed by atoms with Gasteiger partial charge in [-0.05, 0) is 64.0 Å². The van der Waals surface area contributed by atoms with E-state index >= 15 is 0 Å². The number of carboxylic acids is 1. The number of carbonyl (C=O) groups is 1. The Balaban J connectivity index is 1.30. The molecule has 6 nitrogen and oxygen atoms in total. The zero-order chi connectivity index (χ0) is 22.0. The second kappa shape index (κ2) is 9.13. The van der Waals surface area contributed by atoms with Crippen LogP contribution in [0, 0.1) is 25.2 Å². The zero-order valence-corrected chi connectivity index (χ0v) is 18.7. The summed E-state index contributed by atoms with van der Waals surface area (Å²) in [7, 11) is 0. The van der Waals surface area contributed by atoms with Gasteiger partial charge in [0.05, 0.1) is 30.8 Å². The maximum atomic E-state index is 11.7. The lowest BCUT2D eigenvalue weighted by Gasteiger charge is -2.30. The number of hydrogen-bond acceptors (Lipinski definition) is 5. The number of carboxylic acid groups (broad SMARTS) is 1. The summed E-state index contributed by atoms with van der Waals surface area (Å²) in [5.41, 5.74) is 2.30. The fraction of sp³-hybridized carbons (Fsp3) is 0.600. The number of aliphatic carboxylic acids is 1. The molecule has 1 aromatic heterocycles. The van der Waals surface area contributed by atoms with Crippen molar-refractivity contribution in [2.75, 3.05) is 6.61 Å². The van der Waals surface area contributed by atoms with Crippen LogP contribution in [0.1, 0.15) is 62.5 Å². The van der Waals surface area contributed by atoms with Gasteiger partial charge < -0.3 is 19.0 Å². The van der Waals surface area contributed by atoms with Crippen LogP contribution in [0.2, 0.25) is 0 Å². The molecule has 2 saturated carbocycles. The normalized spacial score (nSPS) is 27.9. The number of nitrogens with zero attached hydrogens (tertiary/aromatic N) is 1. The Morgan fingerprint density at radius 3 is 2.71 bits per heavy atom. The Labute approximate surface area is 184 Å². The van der Waals surface area contributed by atoms with Crippen molar-refractivity contribution < 1.29 is 23.8 Å². The van der Waals surface area contributed by atoms with Crippen LogP contribution in [0.15, 0.2) is 28.7 Å². The van der Waals surface area contributed by atoms with Gasteiger partial charge in [-0.3, -0.25) is 4.79 Å². The van der Waals surface area contributed by atoms with Crippen LogP contribution in [-0.4, -0.2) is 34.9 Å². The highest BCUT2D eigenvalue weighted by Crippen LogP contribution is 2.55. The van der Waals surface area contributed by atoms with Gasteiger partial charge in [0.25, 0.3) is 0 Å². The second-order valence-electron chi connectivity index (χ2n) is 9.19. The first-order valence-corrected chi connectivity index (χ1v) is 11.4. The molecule has 1 N–H and O–H groups in total. The number of aromatic nitrogens is 1. The second-order valence-corrected chi connectivity index (χ2v) is 9.19. The monoisotopic (exact) mass is 427 g/mol. The Morgan fingerprint density at radius 2 is 2.03 bits per heavy atom. The number of hydrogen-bond donors (Lipinski definition) is 1. The first-order chi connectivity index (χ1) is 14.9. The van der Waals surface area contributed by atoms with Crippen LogP contribution in [0.5, 0.6) is 0 Å². The van der Waals surface area contributed by atoms with Crippen molar-refractivity contribution in [2.24, 2.45) is 11.3 Å². The van der Waals surface area contributed by atoms with E-state index in [1.165, 1.54) is 5.56 Å². The van der Waals surface area contributed by atoms with E-state index in [4.69, 9.17) is 13.9 Å². The maximum absolute atomic E-state index is 11.7. The summed E-state index contributed by atoms with van der Waals surface area (Å²) in [4.78, 5) is 16.3. The van der Waals surface area contributed by atoms with E-state index in [1.54, 1.807) is 0 Å². The summed E-state index contributed by atoms with van der Waals surface area (Å²) in [6.45, 7) is 6.75. The van der Waals surface area contributed by atoms with Gasteiger partial charge in [-0.25, -0.2) is 4.98 Å². The fourth-order valence-corrected chi connectivity index (χ4v) is 4.75. The average Bonchev–Trinajstić information content (AvgIpc) is 3.38. The minimum atomic E-state index is -0.714. The molecule has 1 aromatic carbocycles. The van der Waals surface area contributed by atoms with Crippen LogP contribution in [0.25, 0.3) is 11.5 Å². The smallest absolute Gasteiger partial charge is 0.312 e. The van der Waals surface area contributed by atoms with Crippen LogP contribution in [-0.2, 0) is 20.9 Å². The van der Waals surface area contributed by atoms with E-state index in [-0.39, 0.29) is 18.1 Å². The van der Waals surface area contributed by atoms with E-state index in [0.717, 1.165) is 55.5 Å². The average molecular weight is 428 g/mol. The van der Waals surface area contributed by atoms with Crippen LogP contribution >= 0.6 is 0 Å². The van der Waals surface area contributed by atoms with Crippen molar-refractivity contribution >= 4 is 5.97 Å². The Kier molecular flexibility index (Phi) is 6.49. The molecule has 2 fully saturated rings. The highest BCUT2D eigenvalue weighted by Gasteiger charge is 2.59. The van der Waals surface area contributed by atoms with Crippen molar-refractivity contribution in [1.29, 1.82) is 0 Å². The van der Waals surface area contributed by atoms with Gasteiger partial charge in [0, 0.05) is 5.56 Å². The molecule has 0 saturated heterocycles. The first kappa shape index (κ1) is 22.0. The van der Waals surface area contributed by atoms with Crippen LogP contribution < -0.4 is 0 Å². The molecule has 0 aliphatic heterocycles. The summed E-state index contributed by atoms with van der Waals surface area (Å²) in [6.07, 6.45) is 5.57. The molecule has 2 aromatic rings. The van der Waals surface area contributed by atoms with Gasteiger partial charge in [0.15, 0.2) is 0 Å². The molecule has 0 amide bonds. The molecular formula is C25H33NO5. The van der Waals surface area contributed by atoms with Gasteiger partial charge in [-0.2, -0.15) is 0 Å². The minimum absolute atomic E-state index is 0.0642. The molecule has 2 aliphatic rings. The lowest BCUT2D eigenvalue weighted by atomic mass is 9.94. The van der Waals surface area contributed by atoms with E-state index in [2.05, 4.69) is 31.0 Å². The summed E-state index contributed by atoms with van der Waals surface area (Å²) >= 11 is 0. The maximum Gasteiger partial charge on any atom is 0.312 e. The van der Waals surface area contributed by atoms with Crippen molar-refractivity contribution in [3.05, 3.63) is 41.3 Å². The van der Waals surface area contributed by atoms with Gasteiger partial charge in [0.2, 0.25) is 5.89 Å². The lowest BCUT2D eigenvalue weighted by Crippen LogP contribution is -2.32. The summed E-state index contributed by atoms with van der Waals surface area (Å²) in [5, 5.41) is 9.60. The quantitative estimate of drug-likeness (QED) is 0.584. The molecule has 168 valence electrons. The van der Waals surface area contributed by atoms with Crippen molar-refractivity contribution in [3.63, 3.8) is 0 Å². The number of oxazole rings is 1. The van der Waals surface area contributed by atoms with Gasteiger partial charge in [0.1, 0.15) is 11.5 Å². The van der Waals surface area contributed by atoms with E-state index < -0.39 is 11.4 Å². The molecule has 4 atom stereocenters. The number of ether oxygens (including phenoxy) is 2. The topological polar surface area (TPSA) is 81.8 Å². The van der Waals surface area contributed by atoms with Crippen molar-refractivity contribution in [2.45, 2.75) is 78.1 Å². The van der Waals surface area contributed by atoms with Crippen molar-refractivity contribution in [3.8, 4) is 11.5 Å². The summed E-state index contributed by atoms with van der Waals surface area (Å²) in [5.74, 6) is 0.939. The van der Waals surface area contributed by atoms with Crippen LogP contribution in [0.3, 0.4) is 0 Å². The number of aryl methyl sites for hydroxylation is 2. The molecule has 31 heavy (non-hydrogen) atoms. The standard InChI is InChI=1S/C25H33NO5/c1-4-19-13-25(19,24(27)28)15-30-21-10-6-9-20(12-21)29-14-22-17(3)31-23(26-22)18-8-5-7-16(2)11-18/h5,7-8,11,19-21H,4,6,9-10,12-15H2,1-3H3,(H,27,28)/t19?,20-,21?,25-/m0/s1. The Hall–Kier alpha value is -2.18. The largest absolute Gasteiger partial charge is 0.481 e. The van der Waals surface area contributed by atoms with Gasteiger partial charge in [-0.1, -0.05) is 31.0 Å². The van der Waals surface area contributed by atoms with Crippen LogP contribution in [0.4, 0.5) is 0 Å². The predicted octanol–water partition coefficient (Wildman–Crippen LogP) is 5.30.